The van der Waals surface area contributed by atoms with E-state index in [0.717, 1.165) is 6.92 Å². The first-order valence-electron chi connectivity index (χ1n) is 8.82. The Morgan fingerprint density at radius 2 is 1.34 bits per heavy atom. The zero-order valence-electron chi connectivity index (χ0n) is 16.7. The molecule has 0 aromatic heterocycles. The van der Waals surface area contributed by atoms with E-state index in [0.29, 0.717) is 0 Å². The summed E-state index contributed by atoms with van der Waals surface area (Å²) in [5.74, 6) is -14.8. The van der Waals surface area contributed by atoms with Crippen molar-refractivity contribution in [2.24, 2.45) is 0 Å². The molecule has 2 aromatic carbocycles. The summed E-state index contributed by atoms with van der Waals surface area (Å²) in [6.07, 6.45) is -0.557. The molecule has 0 aliphatic carbocycles. The molecule has 2 atom stereocenters. The van der Waals surface area contributed by atoms with Crippen LogP contribution < -0.4 is 14.9 Å². The quantitative estimate of drug-likeness (QED) is 0.0982. The molecule has 0 aliphatic rings. The fraction of sp³-hybridized carbons (Fsp3) is 0.278. The van der Waals surface area contributed by atoms with Crippen molar-refractivity contribution in [3.63, 3.8) is 0 Å². The Hall–Kier alpha value is -2.73. The Morgan fingerprint density at radius 1 is 0.844 bits per heavy atom. The van der Waals surface area contributed by atoms with E-state index in [1.807, 2.05) is 5.09 Å². The van der Waals surface area contributed by atoms with Crippen LogP contribution in [0.4, 0.5) is 22.0 Å². The summed E-state index contributed by atoms with van der Waals surface area (Å²) >= 11 is 0. The summed E-state index contributed by atoms with van der Waals surface area (Å²) in [5, 5.41) is 2.00. The lowest BCUT2D eigenvalue weighted by Gasteiger charge is -2.21. The molecule has 2 aromatic rings. The van der Waals surface area contributed by atoms with Gasteiger partial charge in [-0.1, -0.05) is 27.5 Å². The number of benzene rings is 2. The molecule has 14 heteroatoms. The maximum absolute atomic E-state index is 13.8. The van der Waals surface area contributed by atoms with Gasteiger partial charge in [0.15, 0.2) is 5.75 Å². The van der Waals surface area contributed by atoms with Crippen LogP contribution in [0.5, 0.6) is 11.5 Å². The molecule has 0 saturated carbocycles. The van der Waals surface area contributed by atoms with E-state index in [1.54, 1.807) is 6.07 Å². The van der Waals surface area contributed by atoms with Crippen molar-refractivity contribution in [1.82, 2.24) is 5.09 Å². The van der Waals surface area contributed by atoms with Crippen LogP contribution in [0.2, 0.25) is 0 Å². The zero-order chi connectivity index (χ0) is 24.1. The monoisotopic (exact) mass is 485 g/mol. The van der Waals surface area contributed by atoms with Gasteiger partial charge in [0.1, 0.15) is 6.04 Å². The molecule has 0 radical (unpaired) electrons. The molecule has 0 amide bonds. The summed E-state index contributed by atoms with van der Waals surface area (Å²) in [7, 11) is -4.95. The molecule has 8 nitrogen and oxygen atoms in total. The highest BCUT2D eigenvalue weighted by atomic mass is 31.2. The van der Waals surface area contributed by atoms with E-state index in [1.165, 1.54) is 38.1 Å². The summed E-state index contributed by atoms with van der Waals surface area (Å²) < 4.78 is 94.1. The maximum Gasteiger partial charge on any atom is 0.478 e. The van der Waals surface area contributed by atoms with Crippen LogP contribution in [0.15, 0.2) is 30.3 Å². The summed E-state index contributed by atoms with van der Waals surface area (Å²) in [6, 6.07) is 5.91. The Kier molecular flexibility index (Phi) is 8.56. The number of para-hydroxylation sites is 1. The zero-order valence-corrected chi connectivity index (χ0v) is 17.6. The van der Waals surface area contributed by atoms with Crippen LogP contribution in [0.3, 0.4) is 0 Å². The molecule has 32 heavy (non-hydrogen) atoms. The van der Waals surface area contributed by atoms with Gasteiger partial charge in [-0.15, -0.1) is 0 Å². The number of nitrogens with one attached hydrogen (secondary N) is 1. The van der Waals surface area contributed by atoms with Gasteiger partial charge in [0.2, 0.25) is 34.8 Å². The van der Waals surface area contributed by atoms with E-state index in [-0.39, 0.29) is 5.75 Å². The predicted octanol–water partition coefficient (Wildman–Crippen LogP) is 4.74. The van der Waals surface area contributed by atoms with Crippen molar-refractivity contribution in [3.8, 4) is 11.5 Å². The van der Waals surface area contributed by atoms with Crippen molar-refractivity contribution in [3.05, 3.63) is 59.4 Å². The second-order valence-corrected chi connectivity index (χ2v) is 7.91. The lowest BCUT2D eigenvalue weighted by atomic mass is 10.3. The Balaban J connectivity index is 2.26. The SMILES string of the molecule is CC(C)OC(=O)C(C)N[P@](=O)(OOc1ccccc1)OOc1c(F)c(F)c(F)c(F)c1F. The third-order valence-electron chi connectivity index (χ3n) is 3.42. The number of hydrogen-bond acceptors (Lipinski definition) is 7. The van der Waals surface area contributed by atoms with Crippen LogP contribution in [0.1, 0.15) is 20.8 Å². The minimum absolute atomic E-state index is 0.0215. The smallest absolute Gasteiger partial charge is 0.462 e. The molecule has 1 unspecified atom stereocenters. The first-order chi connectivity index (χ1) is 14.9. The third-order valence-corrected chi connectivity index (χ3v) is 4.67. The minimum atomic E-state index is -4.95. The van der Waals surface area contributed by atoms with Gasteiger partial charge in [-0.3, -0.25) is 4.79 Å². The number of hydrogen-bond donors (Lipinski definition) is 1. The van der Waals surface area contributed by atoms with E-state index in [2.05, 4.69) is 14.2 Å². The van der Waals surface area contributed by atoms with E-state index >= 15 is 0 Å². The molecule has 2 rings (SSSR count). The average molecular weight is 485 g/mol. The van der Waals surface area contributed by atoms with Gasteiger partial charge >= 0.3 is 13.7 Å². The van der Waals surface area contributed by atoms with E-state index in [9.17, 15) is 31.3 Å². The third kappa shape index (κ3) is 6.39. The number of halogens is 5. The van der Waals surface area contributed by atoms with Crippen LogP contribution >= 0.6 is 7.75 Å². The Bertz CT molecular complexity index is 980. The molecular formula is C18H17F5NO7P. The van der Waals surface area contributed by atoms with Gasteiger partial charge < -0.3 is 14.5 Å². The highest BCUT2D eigenvalue weighted by Crippen LogP contribution is 2.46. The largest absolute Gasteiger partial charge is 0.478 e. The number of ether oxygens (including phenoxy) is 1. The molecular weight excluding hydrogens is 468 g/mol. The van der Waals surface area contributed by atoms with Gasteiger partial charge in [0.05, 0.1) is 6.10 Å². The summed E-state index contributed by atoms with van der Waals surface area (Å²) in [5.41, 5.74) is 0. The topological polar surface area (TPSA) is 92.3 Å². The average Bonchev–Trinajstić information content (AvgIpc) is 2.75. The molecule has 0 heterocycles. The van der Waals surface area contributed by atoms with Gasteiger partial charge in [-0.05, 0) is 32.9 Å². The van der Waals surface area contributed by atoms with Crippen LogP contribution in [-0.4, -0.2) is 18.1 Å². The minimum Gasteiger partial charge on any atom is -0.462 e. The summed E-state index contributed by atoms with van der Waals surface area (Å²) in [4.78, 5) is 20.8. The van der Waals surface area contributed by atoms with E-state index in [4.69, 9.17) is 9.62 Å². The van der Waals surface area contributed by atoms with Crippen molar-refractivity contribution < 1.29 is 55.2 Å². The molecule has 0 bridgehead atoms. The number of esters is 1. The maximum atomic E-state index is 13.8. The van der Waals surface area contributed by atoms with Crippen LogP contribution in [-0.2, 0) is 23.4 Å². The van der Waals surface area contributed by atoms with Crippen molar-refractivity contribution in [2.45, 2.75) is 32.9 Å². The van der Waals surface area contributed by atoms with Crippen molar-refractivity contribution >= 4 is 13.7 Å². The molecule has 0 saturated heterocycles. The first-order valence-corrected chi connectivity index (χ1v) is 10.4. The number of carbonyl (C=O) groups is 1. The molecule has 176 valence electrons. The standard InChI is InChI=1S/C18H17F5NO7P/c1-9(2)27-18(25)10(3)24-32(26,30-28-11-7-5-4-6-8-11)31-29-17-15(22)13(20)12(19)14(21)16(17)23/h4-10H,1-3H3,(H,24,26)/t10?,32-/m0/s1. The van der Waals surface area contributed by atoms with Crippen molar-refractivity contribution in [2.75, 3.05) is 0 Å². The lowest BCUT2D eigenvalue weighted by molar-refractivity contribution is -0.178. The second-order valence-electron chi connectivity index (χ2n) is 6.36. The lowest BCUT2D eigenvalue weighted by Crippen LogP contribution is -2.36. The highest BCUT2D eigenvalue weighted by Gasteiger charge is 2.37. The highest BCUT2D eigenvalue weighted by molar-refractivity contribution is 7.51. The van der Waals surface area contributed by atoms with Gasteiger partial charge in [0.25, 0.3) is 0 Å². The Labute approximate surface area is 178 Å². The normalized spacial score (nSPS) is 14.0. The molecule has 0 fully saturated rings. The van der Waals surface area contributed by atoms with Gasteiger partial charge in [0, 0.05) is 0 Å². The van der Waals surface area contributed by atoms with Crippen LogP contribution in [0, 0.1) is 29.1 Å². The fourth-order valence-electron chi connectivity index (χ4n) is 1.99. The van der Waals surface area contributed by atoms with Gasteiger partial charge in [-0.2, -0.15) is 8.78 Å². The molecule has 1 N–H and O–H groups in total. The second kappa shape index (κ2) is 10.7. The summed E-state index contributed by atoms with van der Waals surface area (Å²) in [6.45, 7) is 4.22. The Morgan fingerprint density at radius 3 is 1.88 bits per heavy atom. The van der Waals surface area contributed by atoms with Crippen LogP contribution in [0.25, 0.3) is 0 Å². The fourth-order valence-corrected chi connectivity index (χ4v) is 3.04. The van der Waals surface area contributed by atoms with Crippen molar-refractivity contribution in [1.29, 1.82) is 0 Å². The molecule has 0 spiro atoms. The molecule has 0 aliphatic heterocycles. The van der Waals surface area contributed by atoms with E-state index < -0.39 is 60.7 Å². The predicted molar refractivity (Wildman–Crippen MR) is 97.5 cm³/mol. The number of rotatable bonds is 10. The number of carbonyl (C=O) groups excluding carboxylic acids is 1. The first kappa shape index (κ1) is 25.5. The van der Waals surface area contributed by atoms with Gasteiger partial charge in [-0.25, -0.2) is 22.8 Å².